The van der Waals surface area contributed by atoms with E-state index in [1.807, 2.05) is 0 Å². The van der Waals surface area contributed by atoms with E-state index in [1.165, 1.54) is 0 Å². The summed E-state index contributed by atoms with van der Waals surface area (Å²) in [4.78, 5) is 0. The van der Waals surface area contributed by atoms with Gasteiger partial charge in [-0.25, -0.2) is 0 Å². The molecule has 0 nitrogen and oxygen atoms in total. The average Bonchev–Trinajstić information content (AvgIpc) is 0. The zero-order valence-corrected chi connectivity index (χ0v) is 6.69. The Hall–Kier alpha value is 1.17. The van der Waals surface area contributed by atoms with Gasteiger partial charge in [-0.15, -0.1) is 0 Å². The molecule has 0 amide bonds. The molecule has 0 N–H and O–H groups in total. The molecule has 0 spiro atoms. The summed E-state index contributed by atoms with van der Waals surface area (Å²) in [5.74, 6) is 0. The predicted molar refractivity (Wildman–Crippen MR) is 19.2 cm³/mol. The molecule has 0 aromatic heterocycles. The van der Waals surface area contributed by atoms with Gasteiger partial charge in [-0.1, -0.05) is 0 Å². The molecule has 2 radical (unpaired) electrons. The molecular formula is C3H9V2-3. The molecule has 0 aliphatic heterocycles. The van der Waals surface area contributed by atoms with Gasteiger partial charge in [-0.05, 0) is 0 Å². The summed E-state index contributed by atoms with van der Waals surface area (Å²) in [5.41, 5.74) is 0. The van der Waals surface area contributed by atoms with E-state index in [0.717, 1.165) is 0 Å². The first-order valence-corrected chi connectivity index (χ1v) is 0. The third-order valence-corrected chi connectivity index (χ3v) is 0. The van der Waals surface area contributed by atoms with Crippen LogP contribution in [0.1, 0.15) is 0 Å². The maximum Gasteiger partial charge on any atom is 0 e. The summed E-state index contributed by atoms with van der Waals surface area (Å²) in [6.07, 6.45) is 0. The van der Waals surface area contributed by atoms with E-state index in [1.54, 1.807) is 0 Å². The van der Waals surface area contributed by atoms with Crippen LogP contribution in [0.3, 0.4) is 0 Å². The van der Waals surface area contributed by atoms with Gasteiger partial charge >= 0.3 is 0 Å². The molecule has 0 saturated heterocycles. The van der Waals surface area contributed by atoms with Crippen molar-refractivity contribution in [3.8, 4) is 0 Å². The van der Waals surface area contributed by atoms with Gasteiger partial charge in [0.15, 0.2) is 0 Å². The molecule has 0 aliphatic rings. The molecule has 0 rings (SSSR count). The monoisotopic (exact) mass is 147 g/mol. The Morgan fingerprint density at radius 3 is 0.400 bits per heavy atom. The minimum atomic E-state index is 0. The molecule has 0 aromatic rings. The van der Waals surface area contributed by atoms with E-state index in [9.17, 15) is 0 Å². The summed E-state index contributed by atoms with van der Waals surface area (Å²) in [7, 11) is 0. The van der Waals surface area contributed by atoms with Gasteiger partial charge in [0.05, 0.1) is 0 Å². The molecular weight excluding hydrogens is 138 g/mol. The van der Waals surface area contributed by atoms with Crippen molar-refractivity contribution in [1.82, 2.24) is 0 Å². The Labute approximate surface area is 59.5 Å². The molecule has 0 saturated carbocycles. The molecule has 0 bridgehead atoms. The van der Waals surface area contributed by atoms with Crippen molar-refractivity contribution in [2.75, 3.05) is 0 Å². The molecule has 0 unspecified atom stereocenters. The first kappa shape index (κ1) is 121. The Kier molecular flexibility index (Phi) is 1590. The third-order valence-electron chi connectivity index (χ3n) is 0. The summed E-state index contributed by atoms with van der Waals surface area (Å²) in [6.45, 7) is 0. The minimum absolute atomic E-state index is 0. The van der Waals surface area contributed by atoms with Crippen LogP contribution >= 0.6 is 0 Å². The number of rotatable bonds is 0. The molecule has 0 aromatic carbocycles. The van der Waals surface area contributed by atoms with Crippen molar-refractivity contribution in [3.05, 3.63) is 22.3 Å². The molecule has 0 heterocycles. The smallest absolute Gasteiger partial charge is 0 e. The van der Waals surface area contributed by atoms with E-state index in [0.29, 0.717) is 0 Å². The van der Waals surface area contributed by atoms with Gasteiger partial charge in [-0.3, -0.25) is 0 Å². The van der Waals surface area contributed by atoms with Crippen molar-refractivity contribution in [3.63, 3.8) is 0 Å². The molecule has 0 atom stereocenters. The third kappa shape index (κ3) is 38.0. The van der Waals surface area contributed by atoms with Crippen LogP contribution in [0.5, 0.6) is 0 Å². The van der Waals surface area contributed by atoms with Gasteiger partial charge in [0.25, 0.3) is 0 Å². The maximum atomic E-state index is 0. The Morgan fingerprint density at radius 2 is 0.400 bits per heavy atom. The van der Waals surface area contributed by atoms with Crippen LogP contribution in [0.4, 0.5) is 0 Å². The Morgan fingerprint density at radius 1 is 0.400 bits per heavy atom. The minimum Gasteiger partial charge on any atom is -0.358 e. The van der Waals surface area contributed by atoms with Crippen molar-refractivity contribution < 1.29 is 37.1 Å². The van der Waals surface area contributed by atoms with Crippen LogP contribution in [-0.2, 0) is 37.1 Å². The summed E-state index contributed by atoms with van der Waals surface area (Å²) < 4.78 is 0. The van der Waals surface area contributed by atoms with E-state index in [2.05, 4.69) is 0 Å². The van der Waals surface area contributed by atoms with Gasteiger partial charge in [0.2, 0.25) is 0 Å². The fraction of sp³-hybridized carbons (Fsp3) is 0. The second-order valence-corrected chi connectivity index (χ2v) is 0. The zero-order valence-electron chi connectivity index (χ0n) is 3.89. The van der Waals surface area contributed by atoms with Crippen LogP contribution < -0.4 is 0 Å². The SMILES string of the molecule is [CH3-].[CH3-].[CH3-].[V].[V]. The molecule has 34 valence electrons. The maximum absolute atomic E-state index is 0. The number of hydrogen-bond donors (Lipinski definition) is 0. The second kappa shape index (κ2) is 65.8. The first-order valence-electron chi connectivity index (χ1n) is 0. The van der Waals surface area contributed by atoms with E-state index in [4.69, 9.17) is 0 Å². The van der Waals surface area contributed by atoms with E-state index >= 15 is 0 Å². The Bertz CT molecular complexity index is 4.85. The van der Waals surface area contributed by atoms with E-state index < -0.39 is 0 Å². The van der Waals surface area contributed by atoms with Crippen LogP contribution in [-0.4, -0.2) is 0 Å². The van der Waals surface area contributed by atoms with Crippen LogP contribution in [0, 0.1) is 22.3 Å². The normalized spacial score (nSPS) is 0. The first-order chi connectivity index (χ1) is 0. The van der Waals surface area contributed by atoms with Crippen LogP contribution in [0.2, 0.25) is 0 Å². The van der Waals surface area contributed by atoms with Crippen molar-refractivity contribution in [2.45, 2.75) is 0 Å². The summed E-state index contributed by atoms with van der Waals surface area (Å²) in [6, 6.07) is 0. The largest absolute Gasteiger partial charge is 0.358 e. The topological polar surface area (TPSA) is 0 Å². The van der Waals surface area contributed by atoms with Crippen molar-refractivity contribution in [1.29, 1.82) is 0 Å². The fourth-order valence-corrected chi connectivity index (χ4v) is 0. The standard InChI is InChI=1S/3CH3.2V/h3*1H3;;/q3*-1;;. The molecule has 0 aliphatic carbocycles. The summed E-state index contributed by atoms with van der Waals surface area (Å²) in [5, 5.41) is 0. The number of hydrogen-bond acceptors (Lipinski definition) is 0. The molecule has 2 heteroatoms. The second-order valence-electron chi connectivity index (χ2n) is 0. The molecule has 0 fully saturated rings. The zero-order chi connectivity index (χ0) is 0. The average molecular weight is 147 g/mol. The van der Waals surface area contributed by atoms with Gasteiger partial charge in [0.1, 0.15) is 0 Å². The van der Waals surface area contributed by atoms with Gasteiger partial charge in [0, 0.05) is 37.1 Å². The van der Waals surface area contributed by atoms with Gasteiger partial charge < -0.3 is 22.3 Å². The predicted octanol–water partition coefficient (Wildman–Crippen LogP) is 1.35. The quantitative estimate of drug-likeness (QED) is 0.453. The molecule has 5 heavy (non-hydrogen) atoms. The van der Waals surface area contributed by atoms with Crippen molar-refractivity contribution in [2.24, 2.45) is 0 Å². The van der Waals surface area contributed by atoms with Crippen molar-refractivity contribution >= 4 is 0 Å². The van der Waals surface area contributed by atoms with Crippen LogP contribution in [0.25, 0.3) is 0 Å². The van der Waals surface area contributed by atoms with Crippen LogP contribution in [0.15, 0.2) is 0 Å². The summed E-state index contributed by atoms with van der Waals surface area (Å²) >= 11 is 0. The fourth-order valence-electron chi connectivity index (χ4n) is 0. The Balaban J connectivity index is 0. The van der Waals surface area contributed by atoms with Gasteiger partial charge in [-0.2, -0.15) is 0 Å². The van der Waals surface area contributed by atoms with E-state index in [-0.39, 0.29) is 59.4 Å².